The number of nitrogens with zero attached hydrogens (tertiary/aromatic N) is 1. The number of carbonyl (C=O) groups is 1. The van der Waals surface area contributed by atoms with Crippen molar-refractivity contribution < 1.29 is 29.6 Å². The highest BCUT2D eigenvalue weighted by atomic mass is 16.5. The predicted molar refractivity (Wildman–Crippen MR) is 131 cm³/mol. The Labute approximate surface area is 204 Å². The standard InChI is InChI=1S/C27H31NO7/c1-16(2)35-20-8-6-19(7-9-20)21(15-25(32)34-4)26-24(31)13-17(3)28(27(26)33)12-11-18-5-10-22(29)23(30)14-18/h5-10,13-14,16,21,29-31H,11-12,15H2,1-4H3. The molecule has 0 aliphatic carbocycles. The third kappa shape index (κ3) is 6.15. The molecule has 1 unspecified atom stereocenters. The highest BCUT2D eigenvalue weighted by Gasteiger charge is 2.26. The van der Waals surface area contributed by atoms with E-state index >= 15 is 0 Å². The van der Waals surface area contributed by atoms with Crippen LogP contribution in [0.15, 0.2) is 53.3 Å². The van der Waals surface area contributed by atoms with Gasteiger partial charge in [0.1, 0.15) is 11.5 Å². The lowest BCUT2D eigenvalue weighted by molar-refractivity contribution is -0.140. The largest absolute Gasteiger partial charge is 0.507 e. The van der Waals surface area contributed by atoms with E-state index in [-0.39, 0.29) is 41.9 Å². The third-order valence-corrected chi connectivity index (χ3v) is 5.79. The van der Waals surface area contributed by atoms with E-state index in [9.17, 15) is 24.9 Å². The van der Waals surface area contributed by atoms with E-state index in [1.54, 1.807) is 37.3 Å². The van der Waals surface area contributed by atoms with Gasteiger partial charge in [0.2, 0.25) is 0 Å². The van der Waals surface area contributed by atoms with Crippen LogP contribution in [0, 0.1) is 6.92 Å². The molecule has 8 nitrogen and oxygen atoms in total. The van der Waals surface area contributed by atoms with Gasteiger partial charge < -0.3 is 29.4 Å². The molecule has 3 N–H and O–H groups in total. The van der Waals surface area contributed by atoms with E-state index in [0.717, 1.165) is 5.56 Å². The minimum absolute atomic E-state index is 0.00412. The van der Waals surface area contributed by atoms with Crippen LogP contribution in [0.4, 0.5) is 0 Å². The molecule has 8 heteroatoms. The van der Waals surface area contributed by atoms with Crippen LogP contribution in [0.25, 0.3) is 0 Å². The Morgan fingerprint density at radius 1 is 0.971 bits per heavy atom. The second kappa shape index (κ2) is 11.0. The summed E-state index contributed by atoms with van der Waals surface area (Å²) in [6.07, 6.45) is 0.274. The lowest BCUT2D eigenvalue weighted by Crippen LogP contribution is -2.29. The van der Waals surface area contributed by atoms with E-state index in [0.29, 0.717) is 23.4 Å². The number of esters is 1. The van der Waals surface area contributed by atoms with E-state index in [2.05, 4.69) is 0 Å². The molecule has 0 bridgehead atoms. The maximum Gasteiger partial charge on any atom is 0.306 e. The molecule has 3 rings (SSSR count). The Bertz CT molecular complexity index is 1250. The first kappa shape index (κ1) is 25.7. The zero-order valence-electron chi connectivity index (χ0n) is 20.3. The molecule has 0 saturated carbocycles. The highest BCUT2D eigenvalue weighted by molar-refractivity contribution is 5.71. The molecule has 1 atom stereocenters. The summed E-state index contributed by atoms with van der Waals surface area (Å²) in [5, 5.41) is 30.1. The molecule has 35 heavy (non-hydrogen) atoms. The Morgan fingerprint density at radius 2 is 1.66 bits per heavy atom. The summed E-state index contributed by atoms with van der Waals surface area (Å²) >= 11 is 0. The van der Waals surface area contributed by atoms with Gasteiger partial charge in [0.05, 0.1) is 25.2 Å². The molecule has 0 aliphatic heterocycles. The number of benzene rings is 2. The van der Waals surface area contributed by atoms with Crippen LogP contribution >= 0.6 is 0 Å². The van der Waals surface area contributed by atoms with E-state index in [1.165, 1.54) is 29.9 Å². The number of aromatic nitrogens is 1. The average molecular weight is 482 g/mol. The van der Waals surface area contributed by atoms with Gasteiger partial charge in [-0.25, -0.2) is 0 Å². The smallest absolute Gasteiger partial charge is 0.306 e. The molecular formula is C27H31NO7. The van der Waals surface area contributed by atoms with Crippen molar-refractivity contribution in [2.24, 2.45) is 0 Å². The van der Waals surface area contributed by atoms with E-state index in [1.807, 2.05) is 13.8 Å². The molecule has 0 fully saturated rings. The van der Waals surface area contributed by atoms with Gasteiger partial charge in [0, 0.05) is 18.2 Å². The van der Waals surface area contributed by atoms with Crippen LogP contribution in [0.5, 0.6) is 23.0 Å². The average Bonchev–Trinajstić information content (AvgIpc) is 2.80. The molecule has 2 aromatic carbocycles. The lowest BCUT2D eigenvalue weighted by Gasteiger charge is -2.21. The summed E-state index contributed by atoms with van der Waals surface area (Å²) < 4.78 is 12.1. The van der Waals surface area contributed by atoms with Gasteiger partial charge in [-0.3, -0.25) is 9.59 Å². The molecule has 0 aliphatic rings. The van der Waals surface area contributed by atoms with Gasteiger partial charge in [-0.2, -0.15) is 0 Å². The number of hydrogen-bond donors (Lipinski definition) is 3. The lowest BCUT2D eigenvalue weighted by atomic mass is 9.88. The number of carbonyl (C=O) groups excluding carboxylic acids is 1. The maximum atomic E-state index is 13.6. The molecule has 1 heterocycles. The van der Waals surface area contributed by atoms with E-state index < -0.39 is 17.4 Å². The first-order valence-electron chi connectivity index (χ1n) is 11.4. The number of methoxy groups -OCH3 is 1. The van der Waals surface area contributed by atoms with Crippen LogP contribution in [-0.4, -0.2) is 39.1 Å². The number of rotatable bonds is 9. The fraction of sp³-hybridized carbons (Fsp3) is 0.333. The van der Waals surface area contributed by atoms with Crippen molar-refractivity contribution in [1.82, 2.24) is 4.57 Å². The summed E-state index contributed by atoms with van der Waals surface area (Å²) in [6.45, 7) is 5.82. The number of aromatic hydroxyl groups is 3. The monoisotopic (exact) mass is 481 g/mol. The Morgan fingerprint density at radius 3 is 2.26 bits per heavy atom. The second-order valence-electron chi connectivity index (χ2n) is 8.68. The van der Waals surface area contributed by atoms with Crippen molar-refractivity contribution in [3.63, 3.8) is 0 Å². The topological polar surface area (TPSA) is 118 Å². The maximum absolute atomic E-state index is 13.6. The second-order valence-corrected chi connectivity index (χ2v) is 8.68. The minimum Gasteiger partial charge on any atom is -0.507 e. The summed E-state index contributed by atoms with van der Waals surface area (Å²) in [7, 11) is 1.28. The number of phenols is 2. The number of phenolic OH excluding ortho intramolecular Hbond substituents is 2. The molecule has 0 amide bonds. The minimum atomic E-state index is -0.729. The van der Waals surface area contributed by atoms with Gasteiger partial charge in [0.25, 0.3) is 5.56 Å². The van der Waals surface area contributed by atoms with Crippen LogP contribution in [0.3, 0.4) is 0 Å². The van der Waals surface area contributed by atoms with Gasteiger partial charge in [-0.15, -0.1) is 0 Å². The van der Waals surface area contributed by atoms with Crippen molar-refractivity contribution in [1.29, 1.82) is 0 Å². The molecular weight excluding hydrogens is 450 g/mol. The summed E-state index contributed by atoms with van der Waals surface area (Å²) in [6, 6.07) is 13.1. The first-order valence-corrected chi connectivity index (χ1v) is 11.4. The number of aryl methyl sites for hydroxylation is 2. The van der Waals surface area contributed by atoms with Crippen molar-refractivity contribution >= 4 is 5.97 Å². The fourth-order valence-electron chi connectivity index (χ4n) is 4.03. The Balaban J connectivity index is 2.01. The summed E-state index contributed by atoms with van der Waals surface area (Å²) in [5.74, 6) is -1.23. The number of ether oxygens (including phenoxy) is 2. The fourth-order valence-corrected chi connectivity index (χ4v) is 4.03. The van der Waals surface area contributed by atoms with Crippen LogP contribution in [-0.2, 0) is 22.5 Å². The van der Waals surface area contributed by atoms with Gasteiger partial charge >= 0.3 is 5.97 Å². The quantitative estimate of drug-likeness (QED) is 0.312. The molecule has 0 saturated heterocycles. The van der Waals surface area contributed by atoms with Crippen LogP contribution < -0.4 is 10.3 Å². The Hall–Kier alpha value is -3.94. The number of hydrogen-bond acceptors (Lipinski definition) is 7. The van der Waals surface area contributed by atoms with Crippen molar-refractivity contribution in [2.75, 3.05) is 7.11 Å². The predicted octanol–water partition coefficient (Wildman–Crippen LogP) is 4.00. The Kier molecular flexibility index (Phi) is 8.06. The SMILES string of the molecule is COC(=O)CC(c1ccc(OC(C)C)cc1)c1c(O)cc(C)n(CCc2ccc(O)c(O)c2)c1=O. The zero-order valence-corrected chi connectivity index (χ0v) is 20.3. The highest BCUT2D eigenvalue weighted by Crippen LogP contribution is 2.33. The first-order chi connectivity index (χ1) is 16.6. The normalized spacial score (nSPS) is 11.9. The van der Waals surface area contributed by atoms with Gasteiger partial charge in [-0.1, -0.05) is 18.2 Å². The molecule has 0 spiro atoms. The van der Waals surface area contributed by atoms with Crippen LogP contribution in [0.2, 0.25) is 0 Å². The zero-order chi connectivity index (χ0) is 25.7. The molecule has 186 valence electrons. The molecule has 0 radical (unpaired) electrons. The molecule has 1 aromatic heterocycles. The summed E-state index contributed by atoms with van der Waals surface area (Å²) in [4.78, 5) is 25.8. The van der Waals surface area contributed by atoms with Crippen molar-refractivity contribution in [3.8, 4) is 23.0 Å². The van der Waals surface area contributed by atoms with Crippen molar-refractivity contribution in [3.05, 3.63) is 81.3 Å². The third-order valence-electron chi connectivity index (χ3n) is 5.79. The van der Waals surface area contributed by atoms with Gasteiger partial charge in [0.15, 0.2) is 11.5 Å². The van der Waals surface area contributed by atoms with Crippen molar-refractivity contribution in [2.45, 2.75) is 52.2 Å². The summed E-state index contributed by atoms with van der Waals surface area (Å²) in [5.41, 5.74) is 1.64. The van der Waals surface area contributed by atoms with E-state index in [4.69, 9.17) is 9.47 Å². The van der Waals surface area contributed by atoms with Gasteiger partial charge in [-0.05, 0) is 68.7 Å². The number of pyridine rings is 1. The van der Waals surface area contributed by atoms with Crippen LogP contribution in [0.1, 0.15) is 48.6 Å². The molecule has 3 aromatic rings.